The first-order valence-corrected chi connectivity index (χ1v) is 7.15. The van der Waals surface area contributed by atoms with Crippen LogP contribution >= 0.6 is 0 Å². The minimum absolute atomic E-state index is 0.702. The molecular formula is C18H19NO. The second-order valence-corrected chi connectivity index (χ2v) is 5.49. The molecule has 4 bridgehead atoms. The highest BCUT2D eigenvalue weighted by Gasteiger charge is 2.10. The number of nitrogens with zero attached hydrogens (tertiary/aromatic N) is 1. The van der Waals surface area contributed by atoms with Crippen molar-refractivity contribution in [2.24, 2.45) is 5.16 Å². The van der Waals surface area contributed by atoms with E-state index in [1.807, 2.05) is 6.92 Å². The summed E-state index contributed by atoms with van der Waals surface area (Å²) in [4.78, 5) is 0. The Morgan fingerprint density at radius 1 is 0.850 bits per heavy atom. The second-order valence-electron chi connectivity index (χ2n) is 5.49. The SMILES string of the molecule is CC(=NO)c1cc2ccc1CCc1ccc(cc1)CC2. The van der Waals surface area contributed by atoms with Crippen LogP contribution in [0.2, 0.25) is 0 Å². The average Bonchev–Trinajstić information content (AvgIpc) is 2.49. The van der Waals surface area contributed by atoms with Crippen LogP contribution in [0.15, 0.2) is 47.6 Å². The second kappa shape index (κ2) is 5.49. The number of aryl methyl sites for hydroxylation is 4. The minimum Gasteiger partial charge on any atom is -0.411 e. The number of hydrogen-bond acceptors (Lipinski definition) is 2. The average molecular weight is 265 g/mol. The predicted molar refractivity (Wildman–Crippen MR) is 81.7 cm³/mol. The van der Waals surface area contributed by atoms with Gasteiger partial charge in [-0.25, -0.2) is 0 Å². The lowest BCUT2D eigenvalue weighted by Gasteiger charge is -2.13. The van der Waals surface area contributed by atoms with Crippen molar-refractivity contribution in [3.63, 3.8) is 0 Å². The summed E-state index contributed by atoms with van der Waals surface area (Å²) in [6.07, 6.45) is 4.06. The summed E-state index contributed by atoms with van der Waals surface area (Å²) in [5.41, 5.74) is 7.09. The van der Waals surface area contributed by atoms with Crippen LogP contribution in [0.5, 0.6) is 0 Å². The molecule has 0 spiro atoms. The van der Waals surface area contributed by atoms with Gasteiger partial charge in [0.2, 0.25) is 0 Å². The summed E-state index contributed by atoms with van der Waals surface area (Å²) >= 11 is 0. The molecule has 0 aliphatic heterocycles. The van der Waals surface area contributed by atoms with Crippen molar-refractivity contribution < 1.29 is 5.21 Å². The molecule has 6 rings (SSSR count). The Balaban J connectivity index is 2.04. The topological polar surface area (TPSA) is 32.6 Å². The van der Waals surface area contributed by atoms with Gasteiger partial charge in [-0.1, -0.05) is 41.6 Å². The van der Waals surface area contributed by atoms with Gasteiger partial charge in [0.15, 0.2) is 0 Å². The first-order valence-electron chi connectivity index (χ1n) is 7.15. The number of rotatable bonds is 1. The normalized spacial score (nSPS) is 14.9. The van der Waals surface area contributed by atoms with Crippen LogP contribution in [0.3, 0.4) is 0 Å². The van der Waals surface area contributed by atoms with Gasteiger partial charge < -0.3 is 5.21 Å². The highest BCUT2D eigenvalue weighted by atomic mass is 16.4. The molecule has 0 aromatic heterocycles. The van der Waals surface area contributed by atoms with Crippen LogP contribution in [-0.2, 0) is 25.7 Å². The lowest BCUT2D eigenvalue weighted by Crippen LogP contribution is -2.06. The molecule has 0 saturated carbocycles. The standard InChI is InChI=1S/C18H19NO/c1-13(19-20)18-12-16-7-6-14-2-4-15(5-3-14)8-10-17(18)11-9-16/h2-5,9,11-12,20H,6-8,10H2,1H3. The Labute approximate surface area is 119 Å². The van der Waals surface area contributed by atoms with Gasteiger partial charge in [-0.3, -0.25) is 0 Å². The van der Waals surface area contributed by atoms with E-state index < -0.39 is 0 Å². The van der Waals surface area contributed by atoms with Crippen molar-refractivity contribution in [1.82, 2.24) is 0 Å². The molecule has 4 aliphatic rings. The first kappa shape index (κ1) is 12.9. The van der Waals surface area contributed by atoms with Gasteiger partial charge >= 0.3 is 0 Å². The Hall–Kier alpha value is -2.09. The number of hydrogen-bond donors (Lipinski definition) is 1. The van der Waals surface area contributed by atoms with Crippen molar-refractivity contribution in [2.45, 2.75) is 32.6 Å². The predicted octanol–water partition coefficient (Wildman–Crippen LogP) is 3.77. The Kier molecular flexibility index (Phi) is 3.55. The summed E-state index contributed by atoms with van der Waals surface area (Å²) < 4.78 is 0. The van der Waals surface area contributed by atoms with Crippen LogP contribution in [0.4, 0.5) is 0 Å². The summed E-state index contributed by atoms with van der Waals surface area (Å²) in [5, 5.41) is 12.5. The fourth-order valence-corrected chi connectivity index (χ4v) is 2.83. The van der Waals surface area contributed by atoms with Gasteiger partial charge in [0.05, 0.1) is 5.71 Å². The molecule has 2 aromatic carbocycles. The van der Waals surface area contributed by atoms with Crippen molar-refractivity contribution >= 4 is 5.71 Å². The molecule has 2 aromatic rings. The quantitative estimate of drug-likeness (QED) is 0.475. The molecule has 0 amide bonds. The van der Waals surface area contributed by atoms with E-state index in [9.17, 15) is 0 Å². The van der Waals surface area contributed by atoms with Gasteiger partial charge in [0, 0.05) is 5.56 Å². The third-order valence-electron chi connectivity index (χ3n) is 4.12. The molecule has 0 atom stereocenters. The largest absolute Gasteiger partial charge is 0.411 e. The van der Waals surface area contributed by atoms with E-state index in [-0.39, 0.29) is 0 Å². The maximum atomic E-state index is 9.08. The van der Waals surface area contributed by atoms with Crippen molar-refractivity contribution in [3.8, 4) is 0 Å². The molecule has 102 valence electrons. The lowest BCUT2D eigenvalue weighted by atomic mass is 9.92. The lowest BCUT2D eigenvalue weighted by molar-refractivity contribution is 0.319. The van der Waals surface area contributed by atoms with Crippen LogP contribution in [0.1, 0.15) is 34.7 Å². The van der Waals surface area contributed by atoms with E-state index in [1.54, 1.807) is 0 Å². The Morgan fingerprint density at radius 2 is 1.40 bits per heavy atom. The Bertz CT molecular complexity index is 641. The fourth-order valence-electron chi connectivity index (χ4n) is 2.83. The highest BCUT2D eigenvalue weighted by molar-refractivity contribution is 5.99. The fraction of sp³-hybridized carbons (Fsp3) is 0.278. The number of oxime groups is 1. The molecule has 4 aliphatic carbocycles. The summed E-state index contributed by atoms with van der Waals surface area (Å²) in [6, 6.07) is 15.5. The van der Waals surface area contributed by atoms with Crippen LogP contribution < -0.4 is 0 Å². The van der Waals surface area contributed by atoms with E-state index in [2.05, 4.69) is 47.6 Å². The van der Waals surface area contributed by atoms with Crippen molar-refractivity contribution in [1.29, 1.82) is 0 Å². The smallest absolute Gasteiger partial charge is 0.0839 e. The van der Waals surface area contributed by atoms with Crippen LogP contribution in [0.25, 0.3) is 0 Å². The van der Waals surface area contributed by atoms with Crippen molar-refractivity contribution in [2.75, 3.05) is 0 Å². The first-order chi connectivity index (χ1) is 9.76. The van der Waals surface area contributed by atoms with E-state index in [0.717, 1.165) is 31.2 Å². The summed E-state index contributed by atoms with van der Waals surface area (Å²) in [6.45, 7) is 1.86. The zero-order valence-corrected chi connectivity index (χ0v) is 11.8. The molecule has 0 saturated heterocycles. The van der Waals surface area contributed by atoms with E-state index in [1.165, 1.54) is 22.3 Å². The van der Waals surface area contributed by atoms with Gasteiger partial charge in [-0.2, -0.15) is 0 Å². The van der Waals surface area contributed by atoms with Crippen molar-refractivity contribution in [3.05, 3.63) is 70.3 Å². The van der Waals surface area contributed by atoms with Crippen LogP contribution in [-0.4, -0.2) is 10.9 Å². The molecule has 2 heteroatoms. The maximum absolute atomic E-state index is 9.08. The molecular weight excluding hydrogens is 246 g/mol. The third-order valence-corrected chi connectivity index (χ3v) is 4.12. The molecule has 0 heterocycles. The van der Waals surface area contributed by atoms with Gasteiger partial charge in [0.1, 0.15) is 0 Å². The highest BCUT2D eigenvalue weighted by Crippen LogP contribution is 2.19. The van der Waals surface area contributed by atoms with Gasteiger partial charge in [0.25, 0.3) is 0 Å². The van der Waals surface area contributed by atoms with E-state index >= 15 is 0 Å². The van der Waals surface area contributed by atoms with E-state index in [4.69, 9.17) is 5.21 Å². The summed E-state index contributed by atoms with van der Waals surface area (Å²) in [7, 11) is 0. The molecule has 2 nitrogen and oxygen atoms in total. The monoisotopic (exact) mass is 265 g/mol. The number of benzene rings is 2. The summed E-state index contributed by atoms with van der Waals surface area (Å²) in [5.74, 6) is 0. The minimum atomic E-state index is 0.702. The molecule has 0 fully saturated rings. The molecule has 0 unspecified atom stereocenters. The van der Waals surface area contributed by atoms with Crippen LogP contribution in [0, 0.1) is 0 Å². The Morgan fingerprint density at radius 3 is 2.05 bits per heavy atom. The van der Waals surface area contributed by atoms with Gasteiger partial charge in [-0.15, -0.1) is 0 Å². The molecule has 0 radical (unpaired) electrons. The van der Waals surface area contributed by atoms with Gasteiger partial charge in [-0.05, 0) is 60.9 Å². The third kappa shape index (κ3) is 2.60. The van der Waals surface area contributed by atoms with E-state index in [0.29, 0.717) is 5.71 Å². The molecule has 20 heavy (non-hydrogen) atoms. The zero-order valence-electron chi connectivity index (χ0n) is 11.8. The zero-order chi connectivity index (χ0) is 13.9. The maximum Gasteiger partial charge on any atom is 0.0839 e. The molecule has 1 N–H and O–H groups in total.